The molecule has 0 amide bonds. The van der Waals surface area contributed by atoms with Gasteiger partial charge in [-0.15, -0.1) is 0 Å². The molecule has 0 spiro atoms. The van der Waals surface area contributed by atoms with Gasteiger partial charge in [-0.05, 0) is 19.4 Å². The van der Waals surface area contributed by atoms with E-state index in [0.717, 1.165) is 19.4 Å². The molecule has 0 aliphatic carbocycles. The summed E-state index contributed by atoms with van der Waals surface area (Å²) in [5.74, 6) is 5.06. The molecule has 12 heavy (non-hydrogen) atoms. The molecule has 0 radical (unpaired) electrons. The third-order valence-corrected chi connectivity index (χ3v) is 3.11. The Kier molecular flexibility index (Phi) is 2.06. The Morgan fingerprint density at radius 2 is 2.50 bits per heavy atom. The van der Waals surface area contributed by atoms with E-state index in [9.17, 15) is 4.39 Å². The van der Waals surface area contributed by atoms with Crippen molar-refractivity contribution in [2.75, 3.05) is 19.7 Å². The highest BCUT2D eigenvalue weighted by Gasteiger charge is 2.48. The number of nitrogens with zero attached hydrogens (tertiary/aromatic N) is 1. The summed E-state index contributed by atoms with van der Waals surface area (Å²) < 4.78 is 13.1. The summed E-state index contributed by atoms with van der Waals surface area (Å²) in [4.78, 5) is 6.86. The van der Waals surface area contributed by atoms with E-state index >= 15 is 0 Å². The zero-order valence-electron chi connectivity index (χ0n) is 7.13. The molecule has 2 fully saturated rings. The molecule has 2 aliphatic heterocycles. The Hall–Kier alpha value is -0.190. The summed E-state index contributed by atoms with van der Waals surface area (Å²) in [6.07, 6.45) is 2.10. The number of hydrogen-bond acceptors (Lipinski definition) is 3. The Balaban J connectivity index is 2.09. The van der Waals surface area contributed by atoms with E-state index < -0.39 is 6.17 Å². The van der Waals surface area contributed by atoms with Gasteiger partial charge >= 0.3 is 0 Å². The summed E-state index contributed by atoms with van der Waals surface area (Å²) in [5, 5.41) is 0. The number of halogens is 1. The Labute approximate surface area is 71.6 Å². The lowest BCUT2D eigenvalue weighted by Gasteiger charge is -2.29. The molecular weight excluding hydrogens is 159 g/mol. The second kappa shape index (κ2) is 2.94. The third kappa shape index (κ3) is 1.14. The number of fused-ring (bicyclic) bond motifs is 1. The minimum atomic E-state index is -0.680. The van der Waals surface area contributed by atoms with Crippen LogP contribution in [0.4, 0.5) is 4.39 Å². The molecule has 0 aromatic carbocycles. The van der Waals surface area contributed by atoms with Crippen LogP contribution in [0.2, 0.25) is 0 Å². The highest BCUT2D eigenvalue weighted by molar-refractivity contribution is 5.03. The average molecular weight is 174 g/mol. The van der Waals surface area contributed by atoms with Crippen molar-refractivity contribution < 1.29 is 9.23 Å². The van der Waals surface area contributed by atoms with Crippen LogP contribution in [-0.2, 0) is 4.84 Å². The minimum absolute atomic E-state index is 0.0613. The maximum Gasteiger partial charge on any atom is 0.115 e. The molecule has 2 N–H and O–H groups in total. The molecule has 70 valence electrons. The van der Waals surface area contributed by atoms with Crippen molar-refractivity contribution in [1.29, 1.82) is 0 Å². The van der Waals surface area contributed by atoms with E-state index in [1.807, 2.05) is 0 Å². The first-order valence-electron chi connectivity index (χ1n) is 4.48. The van der Waals surface area contributed by atoms with Crippen molar-refractivity contribution in [1.82, 2.24) is 4.90 Å². The molecule has 0 bridgehead atoms. The van der Waals surface area contributed by atoms with Crippen LogP contribution < -0.4 is 5.90 Å². The maximum atomic E-state index is 13.1. The number of alkyl halides is 1. The summed E-state index contributed by atoms with van der Waals surface area (Å²) in [7, 11) is 0. The quantitative estimate of drug-likeness (QED) is 0.618. The summed E-state index contributed by atoms with van der Waals surface area (Å²) in [6, 6.07) is 0. The molecule has 0 unspecified atom stereocenters. The first-order valence-corrected chi connectivity index (χ1v) is 4.48. The van der Waals surface area contributed by atoms with Crippen molar-refractivity contribution in [3.8, 4) is 0 Å². The van der Waals surface area contributed by atoms with Crippen LogP contribution in [-0.4, -0.2) is 36.3 Å². The van der Waals surface area contributed by atoms with E-state index in [4.69, 9.17) is 5.90 Å². The third-order valence-electron chi connectivity index (χ3n) is 3.11. The second-order valence-electron chi connectivity index (χ2n) is 3.89. The zero-order chi connectivity index (χ0) is 8.60. The van der Waals surface area contributed by atoms with Gasteiger partial charge in [0.2, 0.25) is 0 Å². The first kappa shape index (κ1) is 8.41. The van der Waals surface area contributed by atoms with Gasteiger partial charge in [-0.3, -0.25) is 4.90 Å². The van der Waals surface area contributed by atoms with E-state index in [-0.39, 0.29) is 5.54 Å². The highest BCUT2D eigenvalue weighted by atomic mass is 19.1. The largest absolute Gasteiger partial charge is 0.303 e. The molecule has 2 saturated heterocycles. The topological polar surface area (TPSA) is 38.5 Å². The van der Waals surface area contributed by atoms with Crippen LogP contribution in [0.25, 0.3) is 0 Å². The molecule has 4 heteroatoms. The molecular formula is C8H15FN2O. The van der Waals surface area contributed by atoms with Crippen LogP contribution >= 0.6 is 0 Å². The van der Waals surface area contributed by atoms with Crippen molar-refractivity contribution in [2.24, 2.45) is 5.90 Å². The van der Waals surface area contributed by atoms with E-state index in [1.165, 1.54) is 0 Å². The smallest absolute Gasteiger partial charge is 0.115 e. The van der Waals surface area contributed by atoms with Crippen molar-refractivity contribution in [3.63, 3.8) is 0 Å². The van der Waals surface area contributed by atoms with Gasteiger partial charge in [-0.25, -0.2) is 10.3 Å². The molecule has 2 heterocycles. The van der Waals surface area contributed by atoms with Gasteiger partial charge < -0.3 is 4.84 Å². The molecule has 0 aromatic rings. The average Bonchev–Trinajstić information content (AvgIpc) is 2.44. The molecule has 0 aromatic heterocycles. The summed E-state index contributed by atoms with van der Waals surface area (Å²) in [6.45, 7) is 2.06. The zero-order valence-corrected chi connectivity index (χ0v) is 7.13. The lowest BCUT2D eigenvalue weighted by molar-refractivity contribution is 0.0348. The second-order valence-corrected chi connectivity index (χ2v) is 3.89. The molecule has 0 saturated carbocycles. The summed E-state index contributed by atoms with van der Waals surface area (Å²) in [5.41, 5.74) is -0.0613. The van der Waals surface area contributed by atoms with Crippen molar-refractivity contribution >= 4 is 0 Å². The Morgan fingerprint density at radius 1 is 1.67 bits per heavy atom. The first-order chi connectivity index (χ1) is 5.77. The Bertz CT molecular complexity index is 178. The van der Waals surface area contributed by atoms with E-state index in [0.29, 0.717) is 19.6 Å². The summed E-state index contributed by atoms with van der Waals surface area (Å²) >= 11 is 0. The van der Waals surface area contributed by atoms with Gasteiger partial charge in [0.1, 0.15) is 6.17 Å². The van der Waals surface area contributed by atoms with Crippen molar-refractivity contribution in [2.45, 2.75) is 31.0 Å². The number of rotatable bonds is 2. The highest BCUT2D eigenvalue weighted by Crippen LogP contribution is 2.39. The predicted octanol–water partition coefficient (Wildman–Crippen LogP) is 0.453. The van der Waals surface area contributed by atoms with Gasteiger partial charge in [0.25, 0.3) is 0 Å². The lowest BCUT2D eigenvalue weighted by atomic mass is 9.95. The van der Waals surface area contributed by atoms with Gasteiger partial charge in [0.05, 0.1) is 6.61 Å². The van der Waals surface area contributed by atoms with E-state index in [1.54, 1.807) is 0 Å². The fourth-order valence-electron chi connectivity index (χ4n) is 2.60. The van der Waals surface area contributed by atoms with Gasteiger partial charge in [0, 0.05) is 18.5 Å². The standard InChI is InChI=1S/C8H15FN2O/c9-7-4-8(6-12-10)2-1-3-11(8)5-7/h7H,1-6,10H2/t7-,8+/m1/s1. The monoisotopic (exact) mass is 174 g/mol. The van der Waals surface area contributed by atoms with Crippen LogP contribution in [0, 0.1) is 0 Å². The normalized spacial score (nSPS) is 42.0. The molecule has 2 atom stereocenters. The van der Waals surface area contributed by atoms with Crippen LogP contribution in [0.3, 0.4) is 0 Å². The molecule has 2 aliphatic rings. The lowest BCUT2D eigenvalue weighted by Crippen LogP contribution is -2.43. The van der Waals surface area contributed by atoms with Gasteiger partial charge in [-0.1, -0.05) is 0 Å². The molecule has 2 rings (SSSR count). The Morgan fingerprint density at radius 3 is 3.25 bits per heavy atom. The predicted molar refractivity (Wildman–Crippen MR) is 43.2 cm³/mol. The maximum absolute atomic E-state index is 13.1. The van der Waals surface area contributed by atoms with Gasteiger partial charge in [-0.2, -0.15) is 0 Å². The van der Waals surface area contributed by atoms with Crippen molar-refractivity contribution in [3.05, 3.63) is 0 Å². The minimum Gasteiger partial charge on any atom is -0.303 e. The SMILES string of the molecule is NOC[C@@]12CCCN1C[C@H](F)C2. The fraction of sp³-hybridized carbons (Fsp3) is 1.00. The van der Waals surface area contributed by atoms with Crippen LogP contribution in [0.5, 0.6) is 0 Å². The molecule has 3 nitrogen and oxygen atoms in total. The van der Waals surface area contributed by atoms with Gasteiger partial charge in [0.15, 0.2) is 0 Å². The fourth-order valence-corrected chi connectivity index (χ4v) is 2.60. The van der Waals surface area contributed by atoms with E-state index in [2.05, 4.69) is 9.74 Å². The number of hydrogen-bond donors (Lipinski definition) is 1. The number of nitrogens with two attached hydrogens (primary N) is 1. The van der Waals surface area contributed by atoms with Crippen LogP contribution in [0.15, 0.2) is 0 Å². The van der Waals surface area contributed by atoms with Crippen LogP contribution in [0.1, 0.15) is 19.3 Å².